The Morgan fingerprint density at radius 3 is 2.06 bits per heavy atom. The van der Waals surface area contributed by atoms with Crippen molar-refractivity contribution < 1.29 is 43.1 Å². The molecule has 1 unspecified atom stereocenters. The van der Waals surface area contributed by atoms with Crippen molar-refractivity contribution in [3.63, 3.8) is 0 Å². The van der Waals surface area contributed by atoms with Crippen LogP contribution >= 0.6 is 0 Å². The topological polar surface area (TPSA) is 212 Å². The predicted molar refractivity (Wildman–Crippen MR) is 186 cm³/mol. The Labute approximate surface area is 299 Å². The van der Waals surface area contributed by atoms with E-state index in [9.17, 15) is 38.4 Å². The molecule has 2 saturated heterocycles. The Morgan fingerprint density at radius 1 is 0.941 bits per heavy atom. The summed E-state index contributed by atoms with van der Waals surface area (Å²) in [6.45, 7) is 19.6. The van der Waals surface area contributed by atoms with Crippen molar-refractivity contribution in [3.05, 3.63) is 12.7 Å². The average Bonchev–Trinajstić information content (AvgIpc) is 3.32. The molecule has 1 saturated carbocycles. The number of fused-ring (bicyclic) bond motifs is 1. The van der Waals surface area contributed by atoms with Gasteiger partial charge in [0.05, 0.1) is 12.1 Å². The van der Waals surface area contributed by atoms with Gasteiger partial charge in [0.1, 0.15) is 25.3 Å². The number of hydrogen-bond donors (Lipinski definition) is 5. The van der Waals surface area contributed by atoms with Gasteiger partial charge in [0.25, 0.3) is 17.7 Å². The summed E-state index contributed by atoms with van der Waals surface area (Å²) in [6.07, 6.45) is 2.16. The van der Waals surface area contributed by atoms with E-state index in [-0.39, 0.29) is 56.5 Å². The zero-order valence-corrected chi connectivity index (χ0v) is 31.3. The number of likely N-dealkylation sites (tertiary alicyclic amines) is 1. The number of carbonyl (C=O) groups is 8. The van der Waals surface area contributed by atoms with Gasteiger partial charge in [0.15, 0.2) is 0 Å². The molecule has 3 fully saturated rings. The van der Waals surface area contributed by atoms with Crippen LogP contribution in [0.2, 0.25) is 0 Å². The summed E-state index contributed by atoms with van der Waals surface area (Å²) in [5.74, 6) is -4.04. The van der Waals surface area contributed by atoms with Gasteiger partial charge in [-0.25, -0.2) is 9.59 Å². The first-order valence-electron chi connectivity index (χ1n) is 17.4. The highest BCUT2D eigenvalue weighted by Crippen LogP contribution is 2.65. The maximum absolute atomic E-state index is 14.3. The minimum Gasteiger partial charge on any atom is -0.362 e. The minimum absolute atomic E-state index is 0.00630. The number of ketones is 1. The summed E-state index contributed by atoms with van der Waals surface area (Å²) in [5.41, 5.74) is -1.76. The molecule has 0 aromatic carbocycles. The van der Waals surface area contributed by atoms with E-state index in [0.717, 1.165) is 4.90 Å². The van der Waals surface area contributed by atoms with Crippen LogP contribution in [0.4, 0.5) is 9.59 Å². The van der Waals surface area contributed by atoms with E-state index in [4.69, 9.17) is 4.74 Å². The number of urea groups is 2. The number of ether oxygens (including phenoxy) is 1. The molecule has 9 amide bonds. The molecule has 6 atom stereocenters. The van der Waals surface area contributed by atoms with Crippen LogP contribution in [0.3, 0.4) is 0 Å². The number of Topliss-reactive ketones (excluding diaryl/α,β-unsaturated/α-hetero) is 1. The average molecular weight is 718 g/mol. The van der Waals surface area contributed by atoms with Crippen molar-refractivity contribution in [1.29, 1.82) is 0 Å². The highest BCUT2D eigenvalue weighted by atomic mass is 16.5. The molecular weight excluding hydrogens is 662 g/mol. The first kappa shape index (κ1) is 41.1. The zero-order valence-electron chi connectivity index (χ0n) is 31.3. The lowest BCUT2D eigenvalue weighted by Gasteiger charge is -2.38. The SMILES string of the molecule is C=CCNC(=O)C(=O)C(CCC)NC(=O)[C@@H]1[C@@H]2[C@H](CN1C(=O)[C@@H](NC(=O)NC(=O)N[C@H](CN1C(=O)COCC1=O)C(C)(C)C)C(C)(C)C)C2(C)C. The standard InChI is InChI=1S/C35H55N7O9/c1-11-13-20(26(45)29(47)36-14-12-2)37-28(46)25-24-19(35(24,9)10)15-42(25)30(48)27(34(6,7)8)39-32(50)40-31(49)38-21(33(3,4)5)16-41-22(43)17-51-18-23(41)44/h12,19-21,24-25,27H,2,11,13-18H2,1,3-10H3,(H,36,47)(H,37,46)(H3,38,39,40,49,50)/t19-,20?,21+,24-,25-,27+/m0/s1. The third-order valence-corrected chi connectivity index (χ3v) is 9.99. The van der Waals surface area contributed by atoms with Crippen molar-refractivity contribution in [2.75, 3.05) is 32.8 Å². The molecule has 0 radical (unpaired) electrons. The second kappa shape index (κ2) is 15.9. The fraction of sp³-hybridized carbons (Fsp3) is 0.714. The Balaban J connectivity index is 1.76. The Kier molecular flexibility index (Phi) is 12.8. The number of rotatable bonds is 13. The van der Waals surface area contributed by atoms with Gasteiger partial charge in [-0.15, -0.1) is 6.58 Å². The number of morpholine rings is 1. The quantitative estimate of drug-likeness (QED) is 0.104. The number of piperidine rings is 1. The van der Waals surface area contributed by atoms with Crippen molar-refractivity contribution in [3.8, 4) is 0 Å². The highest BCUT2D eigenvalue weighted by Gasteiger charge is 2.70. The molecule has 0 spiro atoms. The molecule has 2 aliphatic heterocycles. The van der Waals surface area contributed by atoms with Gasteiger partial charge in [-0.2, -0.15) is 0 Å². The number of hydrogen-bond acceptors (Lipinski definition) is 9. The number of amides is 9. The first-order chi connectivity index (χ1) is 23.6. The zero-order chi connectivity index (χ0) is 38.6. The van der Waals surface area contributed by atoms with Crippen LogP contribution in [0.25, 0.3) is 0 Å². The molecule has 51 heavy (non-hydrogen) atoms. The predicted octanol–water partition coefficient (Wildman–Crippen LogP) is 0.849. The van der Waals surface area contributed by atoms with E-state index in [0.29, 0.717) is 6.42 Å². The van der Waals surface area contributed by atoms with E-state index < -0.39 is 82.4 Å². The van der Waals surface area contributed by atoms with Crippen molar-refractivity contribution in [2.24, 2.45) is 28.1 Å². The molecule has 2 heterocycles. The van der Waals surface area contributed by atoms with Gasteiger partial charge in [-0.3, -0.25) is 39.0 Å². The lowest BCUT2D eigenvalue weighted by Crippen LogP contribution is -2.62. The van der Waals surface area contributed by atoms with Crippen molar-refractivity contribution in [1.82, 2.24) is 36.4 Å². The summed E-state index contributed by atoms with van der Waals surface area (Å²) in [4.78, 5) is 107. The van der Waals surface area contributed by atoms with Crippen LogP contribution in [0, 0.1) is 28.1 Å². The van der Waals surface area contributed by atoms with E-state index in [2.05, 4.69) is 33.2 Å². The Bertz CT molecular complexity index is 1410. The summed E-state index contributed by atoms with van der Waals surface area (Å²) >= 11 is 0. The normalized spacial score (nSPS) is 22.9. The summed E-state index contributed by atoms with van der Waals surface area (Å²) < 4.78 is 4.96. The van der Waals surface area contributed by atoms with Crippen LogP contribution in [0.1, 0.15) is 75.2 Å². The maximum atomic E-state index is 14.3. The van der Waals surface area contributed by atoms with E-state index in [1.807, 2.05) is 20.8 Å². The number of imide groups is 2. The van der Waals surface area contributed by atoms with E-state index in [1.165, 1.54) is 11.0 Å². The first-order valence-corrected chi connectivity index (χ1v) is 17.4. The lowest BCUT2D eigenvalue weighted by atomic mass is 9.85. The molecule has 16 nitrogen and oxygen atoms in total. The van der Waals surface area contributed by atoms with Crippen LogP contribution in [0.5, 0.6) is 0 Å². The van der Waals surface area contributed by atoms with Crippen molar-refractivity contribution in [2.45, 2.75) is 99.3 Å². The molecule has 1 aliphatic carbocycles. The summed E-state index contributed by atoms with van der Waals surface area (Å²) in [6, 6.07) is -5.87. The molecule has 5 N–H and O–H groups in total. The van der Waals surface area contributed by atoms with Crippen LogP contribution in [0.15, 0.2) is 12.7 Å². The van der Waals surface area contributed by atoms with Gasteiger partial charge < -0.3 is 30.9 Å². The van der Waals surface area contributed by atoms with Crippen LogP contribution in [-0.2, 0) is 33.5 Å². The van der Waals surface area contributed by atoms with Gasteiger partial charge >= 0.3 is 12.1 Å². The van der Waals surface area contributed by atoms with Gasteiger partial charge in [-0.05, 0) is 34.5 Å². The second-order valence-electron chi connectivity index (χ2n) is 16.3. The fourth-order valence-electron chi connectivity index (χ4n) is 6.76. The highest BCUT2D eigenvalue weighted by molar-refractivity contribution is 6.38. The molecule has 3 aliphatic rings. The van der Waals surface area contributed by atoms with Crippen LogP contribution < -0.4 is 26.6 Å². The minimum atomic E-state index is -1.18. The summed E-state index contributed by atoms with van der Waals surface area (Å²) in [7, 11) is 0. The van der Waals surface area contributed by atoms with E-state index in [1.54, 1.807) is 41.5 Å². The molecule has 0 aromatic rings. The van der Waals surface area contributed by atoms with Gasteiger partial charge in [0.2, 0.25) is 17.6 Å². The fourth-order valence-corrected chi connectivity index (χ4v) is 6.76. The van der Waals surface area contributed by atoms with Crippen LogP contribution in [-0.4, -0.2) is 114 Å². The largest absolute Gasteiger partial charge is 0.362 e. The van der Waals surface area contributed by atoms with Gasteiger partial charge in [0, 0.05) is 19.6 Å². The third kappa shape index (κ3) is 9.71. The summed E-state index contributed by atoms with van der Waals surface area (Å²) in [5, 5.41) is 12.6. The van der Waals surface area contributed by atoms with E-state index >= 15 is 0 Å². The second-order valence-corrected chi connectivity index (χ2v) is 16.3. The maximum Gasteiger partial charge on any atom is 0.323 e. The number of carbonyl (C=O) groups excluding carboxylic acids is 8. The molecule has 0 bridgehead atoms. The molecule has 0 aromatic heterocycles. The number of nitrogens with zero attached hydrogens (tertiary/aromatic N) is 2. The number of nitrogens with one attached hydrogen (secondary N) is 5. The lowest BCUT2D eigenvalue weighted by molar-refractivity contribution is -0.159. The molecule has 3 rings (SSSR count). The monoisotopic (exact) mass is 717 g/mol. The van der Waals surface area contributed by atoms with Crippen molar-refractivity contribution >= 4 is 47.4 Å². The Morgan fingerprint density at radius 2 is 1.53 bits per heavy atom. The smallest absolute Gasteiger partial charge is 0.323 e. The Hall–Kier alpha value is -4.34. The molecular formula is C35H55N7O9. The third-order valence-electron chi connectivity index (χ3n) is 9.99. The molecule has 284 valence electrons. The van der Waals surface area contributed by atoms with Gasteiger partial charge in [-0.1, -0.05) is 74.8 Å². The molecule has 16 heteroatoms.